The van der Waals surface area contributed by atoms with Gasteiger partial charge in [0, 0.05) is 21.7 Å². The number of halogens is 1. The summed E-state index contributed by atoms with van der Waals surface area (Å²) in [6.07, 6.45) is 2.23. The van der Waals surface area contributed by atoms with E-state index in [2.05, 4.69) is 21.6 Å². The van der Waals surface area contributed by atoms with Gasteiger partial charge in [-0.05, 0) is 76.8 Å². The molecule has 2 N–H and O–H groups in total. The van der Waals surface area contributed by atoms with E-state index in [-0.39, 0.29) is 33.9 Å². The third-order valence-electron chi connectivity index (χ3n) is 6.01. The van der Waals surface area contributed by atoms with E-state index in [0.29, 0.717) is 16.0 Å². The molecule has 33 heavy (non-hydrogen) atoms. The van der Waals surface area contributed by atoms with Crippen LogP contribution in [0.4, 0.5) is 10.6 Å². The number of anilines is 1. The smallest absolute Gasteiger partial charge is 0.413 e. The van der Waals surface area contributed by atoms with E-state index in [1.54, 1.807) is 12.1 Å². The zero-order valence-electron chi connectivity index (χ0n) is 19.1. The minimum absolute atomic E-state index is 0.00468. The number of thiophene rings is 1. The number of aryl methyl sites for hydroxylation is 1. The molecule has 0 saturated heterocycles. The van der Waals surface area contributed by atoms with E-state index in [4.69, 9.17) is 16.0 Å². The Morgan fingerprint density at radius 3 is 2.70 bits per heavy atom. The van der Waals surface area contributed by atoms with Gasteiger partial charge in [0.2, 0.25) is 5.28 Å². The number of carbonyl (C=O) groups is 1. The minimum atomic E-state index is -1.20. The number of carboxylic acid groups (broad SMARTS) is 1. The maximum Gasteiger partial charge on any atom is 0.413 e. The van der Waals surface area contributed by atoms with Crippen molar-refractivity contribution in [1.29, 1.82) is 0 Å². The second-order valence-corrected chi connectivity index (χ2v) is 12.7. The van der Waals surface area contributed by atoms with Crippen molar-refractivity contribution >= 4 is 56.4 Å². The molecule has 8 nitrogen and oxygen atoms in total. The molecule has 1 amide bonds. The lowest BCUT2D eigenvalue weighted by Gasteiger charge is -2.30. The molecule has 0 aliphatic heterocycles. The zero-order valence-corrected chi connectivity index (χ0v) is 21.5. The van der Waals surface area contributed by atoms with Crippen LogP contribution >= 0.6 is 22.9 Å². The molecule has 0 aromatic carbocycles. The molecule has 0 unspecified atom stereocenters. The van der Waals surface area contributed by atoms with Gasteiger partial charge in [-0.1, -0.05) is 0 Å². The van der Waals surface area contributed by atoms with Crippen LogP contribution in [0.5, 0.6) is 0 Å². The van der Waals surface area contributed by atoms with Crippen LogP contribution in [-0.4, -0.2) is 36.5 Å². The highest BCUT2D eigenvalue weighted by Gasteiger charge is 2.53. The van der Waals surface area contributed by atoms with Gasteiger partial charge in [-0.15, -0.1) is 16.1 Å². The Kier molecular flexibility index (Phi) is 6.43. The number of hydrogen-bond acceptors (Lipinski definition) is 7. The monoisotopic (exact) mass is 510 g/mol. The van der Waals surface area contributed by atoms with Crippen molar-refractivity contribution in [3.05, 3.63) is 39.9 Å². The fourth-order valence-electron chi connectivity index (χ4n) is 3.94. The SMILES string of the molecule is Cc1c(C2([C@H](C)N[S@+]([O-])C(C)(C)C)CC2)sc2c(N(Cc3ccco3)C(=O)O)nc(Cl)nc12. The van der Waals surface area contributed by atoms with Crippen molar-refractivity contribution in [2.45, 2.75) is 70.2 Å². The predicted octanol–water partition coefficient (Wildman–Crippen LogP) is 5.40. The van der Waals surface area contributed by atoms with Gasteiger partial charge in [-0.3, -0.25) is 4.90 Å². The molecule has 1 aliphatic carbocycles. The molecule has 3 aromatic heterocycles. The molecular weight excluding hydrogens is 484 g/mol. The molecule has 0 radical (unpaired) electrons. The first kappa shape index (κ1) is 24.3. The molecule has 178 valence electrons. The van der Waals surface area contributed by atoms with E-state index >= 15 is 0 Å². The summed E-state index contributed by atoms with van der Waals surface area (Å²) in [6, 6.07) is 3.39. The van der Waals surface area contributed by atoms with E-state index in [0.717, 1.165) is 28.2 Å². The number of furan rings is 1. The second-order valence-electron chi connectivity index (χ2n) is 9.38. The van der Waals surface area contributed by atoms with Crippen molar-refractivity contribution in [3.63, 3.8) is 0 Å². The maximum absolute atomic E-state index is 12.7. The summed E-state index contributed by atoms with van der Waals surface area (Å²) < 4.78 is 21.7. The lowest BCUT2D eigenvalue weighted by atomic mass is 9.94. The molecule has 3 aromatic rings. The van der Waals surface area contributed by atoms with Gasteiger partial charge in [0.25, 0.3) is 0 Å². The molecular formula is C22H27ClN4O4S2. The highest BCUT2D eigenvalue weighted by atomic mass is 35.5. The van der Waals surface area contributed by atoms with E-state index < -0.39 is 17.5 Å². The number of fused-ring (bicyclic) bond motifs is 1. The number of rotatable bonds is 7. The molecule has 0 spiro atoms. The summed E-state index contributed by atoms with van der Waals surface area (Å²) in [5.41, 5.74) is 1.41. The van der Waals surface area contributed by atoms with Crippen molar-refractivity contribution in [2.75, 3.05) is 4.90 Å². The van der Waals surface area contributed by atoms with Crippen LogP contribution in [0.1, 0.15) is 56.7 Å². The molecule has 4 rings (SSSR count). The van der Waals surface area contributed by atoms with Crippen LogP contribution < -0.4 is 9.62 Å². The van der Waals surface area contributed by atoms with Crippen molar-refractivity contribution < 1.29 is 18.9 Å². The zero-order chi connectivity index (χ0) is 24.1. The number of aromatic nitrogens is 2. The first-order chi connectivity index (χ1) is 15.4. The van der Waals surface area contributed by atoms with Crippen molar-refractivity contribution in [2.24, 2.45) is 0 Å². The summed E-state index contributed by atoms with van der Waals surface area (Å²) in [7, 11) is 0. The molecule has 2 atom stereocenters. The van der Waals surface area contributed by atoms with Crippen LogP contribution in [0.25, 0.3) is 10.2 Å². The average molecular weight is 511 g/mol. The Morgan fingerprint density at radius 2 is 2.15 bits per heavy atom. The second kappa shape index (κ2) is 8.74. The number of amides is 1. The summed E-state index contributed by atoms with van der Waals surface area (Å²) in [5.74, 6) is 0.734. The van der Waals surface area contributed by atoms with E-state index in [1.165, 1.54) is 17.6 Å². The highest BCUT2D eigenvalue weighted by molar-refractivity contribution is 7.90. The van der Waals surface area contributed by atoms with Gasteiger partial charge >= 0.3 is 6.09 Å². The van der Waals surface area contributed by atoms with Gasteiger partial charge in [0.1, 0.15) is 10.5 Å². The van der Waals surface area contributed by atoms with E-state index in [1.807, 2.05) is 27.7 Å². The minimum Gasteiger partial charge on any atom is -0.598 e. The fourth-order valence-corrected chi connectivity index (χ4v) is 6.58. The lowest BCUT2D eigenvalue weighted by molar-refractivity contribution is 0.200. The van der Waals surface area contributed by atoms with Gasteiger partial charge in [-0.2, -0.15) is 4.98 Å². The molecule has 11 heteroatoms. The standard InChI is InChI=1S/C22H27ClN4O4S2/c1-12-15-16(32-17(12)22(8-9-22)13(2)26-33(30)21(3,4)5)18(25-19(23)24-15)27(20(28)29)11-14-7-6-10-31-14/h6-7,10,13,26H,8-9,11H2,1-5H3,(H,28,29)/t13-,33+/m0/s1. The van der Waals surface area contributed by atoms with Gasteiger partial charge < -0.3 is 14.1 Å². The Morgan fingerprint density at radius 1 is 1.45 bits per heavy atom. The summed E-state index contributed by atoms with van der Waals surface area (Å²) in [4.78, 5) is 23.1. The van der Waals surface area contributed by atoms with Crippen LogP contribution in [-0.2, 0) is 23.3 Å². The predicted molar refractivity (Wildman–Crippen MR) is 131 cm³/mol. The largest absolute Gasteiger partial charge is 0.598 e. The van der Waals surface area contributed by atoms with Crippen LogP contribution in [0.3, 0.4) is 0 Å². The van der Waals surface area contributed by atoms with E-state index in [9.17, 15) is 14.5 Å². The fraction of sp³-hybridized carbons (Fsp3) is 0.500. The Labute approximate surface area is 204 Å². The maximum atomic E-state index is 12.7. The van der Waals surface area contributed by atoms with Crippen LogP contribution in [0.2, 0.25) is 5.28 Å². The third kappa shape index (κ3) is 4.59. The summed E-state index contributed by atoms with van der Waals surface area (Å²) >= 11 is 6.52. The summed E-state index contributed by atoms with van der Waals surface area (Å²) in [5, 5.41) is 9.92. The van der Waals surface area contributed by atoms with Crippen LogP contribution in [0, 0.1) is 6.92 Å². The average Bonchev–Trinajstić information content (AvgIpc) is 3.23. The Balaban J connectivity index is 1.77. The third-order valence-corrected chi connectivity index (χ3v) is 9.36. The lowest BCUT2D eigenvalue weighted by Crippen LogP contribution is -2.48. The molecule has 1 aliphatic rings. The summed E-state index contributed by atoms with van der Waals surface area (Å²) in [6.45, 7) is 9.86. The van der Waals surface area contributed by atoms with Gasteiger partial charge in [-0.25, -0.2) is 9.78 Å². The number of hydrogen-bond donors (Lipinski definition) is 2. The quantitative estimate of drug-likeness (QED) is 0.323. The number of nitrogens with zero attached hydrogens (tertiary/aromatic N) is 3. The Hall–Kier alpha value is -1.85. The van der Waals surface area contributed by atoms with Crippen molar-refractivity contribution in [1.82, 2.24) is 14.7 Å². The van der Waals surface area contributed by atoms with Gasteiger partial charge in [0.15, 0.2) is 5.82 Å². The molecule has 1 saturated carbocycles. The highest BCUT2D eigenvalue weighted by Crippen LogP contribution is 2.56. The topological polar surface area (TPSA) is 115 Å². The van der Waals surface area contributed by atoms with Gasteiger partial charge in [0.05, 0.1) is 29.1 Å². The number of nitrogens with one attached hydrogen (secondary N) is 1. The Bertz CT molecular complexity index is 1170. The van der Waals surface area contributed by atoms with Crippen molar-refractivity contribution in [3.8, 4) is 0 Å². The normalized spacial score (nSPS) is 17.2. The first-order valence-electron chi connectivity index (χ1n) is 10.6. The molecule has 0 bridgehead atoms. The van der Waals surface area contributed by atoms with Crippen LogP contribution in [0.15, 0.2) is 22.8 Å². The molecule has 3 heterocycles. The molecule has 1 fully saturated rings. The first-order valence-corrected chi connectivity index (χ1v) is 13.0.